The van der Waals surface area contributed by atoms with E-state index >= 15 is 0 Å². The van der Waals surface area contributed by atoms with Crippen LogP contribution in [-0.4, -0.2) is 60.9 Å². The van der Waals surface area contributed by atoms with Gasteiger partial charge in [-0.1, -0.05) is 25.1 Å². The van der Waals surface area contributed by atoms with E-state index in [1.54, 1.807) is 6.92 Å². The standard InChI is InChI=1S/C23H28N2O5S/c1-3-25(16-10-11-31(28,29)14-16)21(26)13-30-23(27)22-17-6-4-5-7-19(17)24-20-9-8-15(2)12-18(20)22/h4-7,15-16H,3,8-14H2,1-2H3. The van der Waals surface area contributed by atoms with E-state index in [4.69, 9.17) is 9.72 Å². The molecule has 1 fully saturated rings. The summed E-state index contributed by atoms with van der Waals surface area (Å²) < 4.78 is 29.1. The number of aromatic nitrogens is 1. The topological polar surface area (TPSA) is 93.6 Å². The van der Waals surface area contributed by atoms with Gasteiger partial charge in [-0.2, -0.15) is 0 Å². The molecule has 4 rings (SSSR count). The highest BCUT2D eigenvalue weighted by Crippen LogP contribution is 2.32. The third-order valence-electron chi connectivity index (χ3n) is 6.35. The normalized spacial score (nSPS) is 22.1. The number of sulfone groups is 1. The van der Waals surface area contributed by atoms with Crippen LogP contribution in [0.1, 0.15) is 48.3 Å². The van der Waals surface area contributed by atoms with Crippen molar-refractivity contribution in [1.82, 2.24) is 9.88 Å². The highest BCUT2D eigenvalue weighted by atomic mass is 32.2. The monoisotopic (exact) mass is 444 g/mol. The summed E-state index contributed by atoms with van der Waals surface area (Å²) in [5.74, 6) is -0.371. The van der Waals surface area contributed by atoms with Crippen molar-refractivity contribution in [2.75, 3.05) is 24.7 Å². The van der Waals surface area contributed by atoms with Crippen LogP contribution in [0.2, 0.25) is 0 Å². The molecule has 7 nitrogen and oxygen atoms in total. The van der Waals surface area contributed by atoms with Crippen molar-refractivity contribution in [2.45, 2.75) is 45.6 Å². The zero-order chi connectivity index (χ0) is 22.2. The number of hydrogen-bond donors (Lipinski definition) is 0. The van der Waals surface area contributed by atoms with Crippen LogP contribution >= 0.6 is 0 Å². The maximum Gasteiger partial charge on any atom is 0.339 e. The number of carbonyl (C=O) groups excluding carboxylic acids is 2. The predicted octanol–water partition coefficient (Wildman–Crippen LogP) is 2.55. The number of pyridine rings is 1. The molecule has 2 aliphatic rings. The molecule has 1 amide bonds. The van der Waals surface area contributed by atoms with Crippen LogP contribution < -0.4 is 0 Å². The SMILES string of the molecule is CCN(C(=O)COC(=O)c1c2c(nc3ccccc13)CCC(C)C2)C1CCS(=O)(=O)C1. The smallest absolute Gasteiger partial charge is 0.339 e. The lowest BCUT2D eigenvalue weighted by Crippen LogP contribution is -2.43. The quantitative estimate of drug-likeness (QED) is 0.658. The van der Waals surface area contributed by atoms with Crippen LogP contribution in [0.15, 0.2) is 24.3 Å². The molecule has 0 saturated carbocycles. The first-order chi connectivity index (χ1) is 14.8. The predicted molar refractivity (Wildman–Crippen MR) is 118 cm³/mol. The second kappa shape index (κ2) is 8.57. The summed E-state index contributed by atoms with van der Waals surface area (Å²) in [5, 5.41) is 0.738. The fourth-order valence-electron chi connectivity index (χ4n) is 4.74. The van der Waals surface area contributed by atoms with Crippen molar-refractivity contribution in [2.24, 2.45) is 5.92 Å². The molecule has 2 heterocycles. The maximum absolute atomic E-state index is 13.2. The fraction of sp³-hybridized carbons (Fsp3) is 0.522. The number of aryl methyl sites for hydroxylation is 1. The Hall–Kier alpha value is -2.48. The fourth-order valence-corrected chi connectivity index (χ4v) is 6.47. The van der Waals surface area contributed by atoms with Crippen LogP contribution in [0.25, 0.3) is 10.9 Å². The first-order valence-corrected chi connectivity index (χ1v) is 12.7. The van der Waals surface area contributed by atoms with Crippen LogP contribution in [0.4, 0.5) is 0 Å². The summed E-state index contributed by atoms with van der Waals surface area (Å²) in [6, 6.07) is 7.15. The zero-order valence-corrected chi connectivity index (χ0v) is 18.8. The molecule has 1 aliphatic heterocycles. The zero-order valence-electron chi connectivity index (χ0n) is 18.0. The van der Waals surface area contributed by atoms with Crippen molar-refractivity contribution >= 4 is 32.6 Å². The number of amides is 1. The van der Waals surface area contributed by atoms with Gasteiger partial charge in [-0.05, 0) is 50.2 Å². The van der Waals surface area contributed by atoms with E-state index in [2.05, 4.69) is 6.92 Å². The minimum atomic E-state index is -3.11. The Morgan fingerprint density at radius 2 is 2.00 bits per heavy atom. The Morgan fingerprint density at radius 3 is 2.71 bits per heavy atom. The van der Waals surface area contributed by atoms with Gasteiger partial charge in [-0.3, -0.25) is 9.78 Å². The molecule has 1 aromatic carbocycles. The lowest BCUT2D eigenvalue weighted by atomic mass is 9.84. The molecule has 31 heavy (non-hydrogen) atoms. The van der Waals surface area contributed by atoms with E-state index in [-0.39, 0.29) is 23.5 Å². The van der Waals surface area contributed by atoms with Crippen molar-refractivity contribution in [3.05, 3.63) is 41.1 Å². The largest absolute Gasteiger partial charge is 0.452 e. The third-order valence-corrected chi connectivity index (χ3v) is 8.10. The summed E-state index contributed by atoms with van der Waals surface area (Å²) in [6.07, 6.45) is 3.03. The molecular weight excluding hydrogens is 416 g/mol. The minimum absolute atomic E-state index is 0.0269. The Morgan fingerprint density at radius 1 is 1.23 bits per heavy atom. The first-order valence-electron chi connectivity index (χ1n) is 10.9. The number of benzene rings is 1. The molecule has 0 bridgehead atoms. The van der Waals surface area contributed by atoms with E-state index in [9.17, 15) is 18.0 Å². The van der Waals surface area contributed by atoms with Gasteiger partial charge in [0.1, 0.15) is 0 Å². The summed E-state index contributed by atoms with van der Waals surface area (Å²) in [5.41, 5.74) is 3.11. The number of ether oxygens (including phenoxy) is 1. The number of fused-ring (bicyclic) bond motifs is 2. The number of carbonyl (C=O) groups is 2. The van der Waals surface area contributed by atoms with E-state index in [0.29, 0.717) is 24.4 Å². The van der Waals surface area contributed by atoms with Gasteiger partial charge in [0.15, 0.2) is 16.4 Å². The lowest BCUT2D eigenvalue weighted by Gasteiger charge is -2.27. The van der Waals surface area contributed by atoms with Crippen molar-refractivity contribution in [1.29, 1.82) is 0 Å². The van der Waals surface area contributed by atoms with Gasteiger partial charge in [-0.15, -0.1) is 0 Å². The van der Waals surface area contributed by atoms with E-state index in [1.807, 2.05) is 24.3 Å². The molecule has 1 aliphatic carbocycles. The summed E-state index contributed by atoms with van der Waals surface area (Å²) in [4.78, 5) is 32.2. The van der Waals surface area contributed by atoms with Crippen LogP contribution in [0.3, 0.4) is 0 Å². The molecule has 8 heteroatoms. The molecule has 166 valence electrons. The number of likely N-dealkylation sites (N-methyl/N-ethyl adjacent to an activating group) is 1. The van der Waals surface area contributed by atoms with Crippen LogP contribution in [-0.2, 0) is 32.2 Å². The van der Waals surface area contributed by atoms with Crippen LogP contribution in [0, 0.1) is 5.92 Å². The Balaban J connectivity index is 1.56. The lowest BCUT2D eigenvalue weighted by molar-refractivity contribution is -0.136. The number of para-hydroxylation sites is 1. The maximum atomic E-state index is 13.2. The number of nitrogens with zero attached hydrogens (tertiary/aromatic N) is 2. The van der Waals surface area contributed by atoms with Crippen LogP contribution in [0.5, 0.6) is 0 Å². The summed E-state index contributed by atoms with van der Waals surface area (Å²) >= 11 is 0. The second-order valence-electron chi connectivity index (χ2n) is 8.59. The van der Waals surface area contributed by atoms with Gasteiger partial charge >= 0.3 is 5.97 Å². The van der Waals surface area contributed by atoms with E-state index < -0.39 is 22.4 Å². The number of rotatable bonds is 5. The summed E-state index contributed by atoms with van der Waals surface area (Å²) in [7, 11) is -3.11. The van der Waals surface area contributed by atoms with Gasteiger partial charge in [-0.25, -0.2) is 13.2 Å². The molecular formula is C23H28N2O5S. The molecule has 2 atom stereocenters. The molecule has 0 N–H and O–H groups in total. The van der Waals surface area contributed by atoms with Crippen molar-refractivity contribution < 1.29 is 22.7 Å². The Bertz CT molecular complexity index is 1130. The summed E-state index contributed by atoms with van der Waals surface area (Å²) in [6.45, 7) is 3.94. The molecule has 1 aromatic heterocycles. The van der Waals surface area contributed by atoms with E-state index in [1.165, 1.54) is 4.90 Å². The van der Waals surface area contributed by atoms with Gasteiger partial charge in [0.2, 0.25) is 0 Å². The molecule has 0 radical (unpaired) electrons. The highest BCUT2D eigenvalue weighted by Gasteiger charge is 2.34. The minimum Gasteiger partial charge on any atom is -0.452 e. The average Bonchev–Trinajstić information content (AvgIpc) is 3.10. The second-order valence-corrected chi connectivity index (χ2v) is 10.8. The average molecular weight is 445 g/mol. The van der Waals surface area contributed by atoms with E-state index in [0.717, 1.165) is 41.4 Å². The molecule has 2 aromatic rings. The number of esters is 1. The van der Waals surface area contributed by atoms with Crippen molar-refractivity contribution in [3.63, 3.8) is 0 Å². The highest BCUT2D eigenvalue weighted by molar-refractivity contribution is 7.91. The third kappa shape index (κ3) is 4.44. The van der Waals surface area contributed by atoms with Gasteiger partial charge in [0, 0.05) is 23.7 Å². The van der Waals surface area contributed by atoms with Crippen molar-refractivity contribution in [3.8, 4) is 0 Å². The Labute approximate surface area is 182 Å². The molecule has 0 spiro atoms. The van der Waals surface area contributed by atoms with Gasteiger partial charge < -0.3 is 9.64 Å². The first kappa shape index (κ1) is 21.7. The molecule has 2 unspecified atom stereocenters. The Kier molecular flexibility index (Phi) is 6.01. The molecule has 1 saturated heterocycles. The number of hydrogen-bond acceptors (Lipinski definition) is 6. The van der Waals surface area contributed by atoms with Gasteiger partial charge in [0.25, 0.3) is 5.91 Å². The van der Waals surface area contributed by atoms with Gasteiger partial charge in [0.05, 0.1) is 22.6 Å².